The maximum Gasteiger partial charge on any atom is 0.262 e. The van der Waals surface area contributed by atoms with Gasteiger partial charge in [0.05, 0.1) is 27.8 Å². The highest BCUT2D eigenvalue weighted by Crippen LogP contribution is 2.27. The number of carbonyl (C=O) groups is 1. The molecule has 0 saturated carbocycles. The van der Waals surface area contributed by atoms with E-state index in [1.165, 1.54) is 11.3 Å². The van der Waals surface area contributed by atoms with Crippen molar-refractivity contribution in [1.82, 2.24) is 24.8 Å². The first-order valence-electron chi connectivity index (χ1n) is 10.8. The van der Waals surface area contributed by atoms with E-state index in [1.807, 2.05) is 54.6 Å². The molecule has 0 spiro atoms. The van der Waals surface area contributed by atoms with Crippen LogP contribution >= 0.6 is 11.3 Å². The van der Waals surface area contributed by atoms with Crippen LogP contribution in [0.4, 0.5) is 0 Å². The quantitative estimate of drug-likeness (QED) is 0.400. The molecular weight excluding hydrogens is 434 g/mol. The minimum Gasteiger partial charge on any atom is -0.344 e. The summed E-state index contributed by atoms with van der Waals surface area (Å²) in [4.78, 5) is 39.1. The zero-order chi connectivity index (χ0) is 22.9. The molecule has 0 aliphatic rings. The third kappa shape index (κ3) is 3.93. The Morgan fingerprint density at radius 1 is 1.09 bits per heavy atom. The van der Waals surface area contributed by atoms with E-state index in [0.29, 0.717) is 39.4 Å². The highest BCUT2D eigenvalue weighted by Gasteiger charge is 2.20. The Kier molecular flexibility index (Phi) is 5.51. The topological polar surface area (TPSA) is 92.7 Å². The van der Waals surface area contributed by atoms with Gasteiger partial charge in [-0.25, -0.2) is 9.97 Å². The fraction of sp³-hybridized carbons (Fsp3) is 0.200. The van der Waals surface area contributed by atoms with Crippen molar-refractivity contribution < 1.29 is 4.79 Å². The lowest BCUT2D eigenvalue weighted by molar-refractivity contribution is 0.0953. The van der Waals surface area contributed by atoms with Gasteiger partial charge in [-0.1, -0.05) is 42.5 Å². The van der Waals surface area contributed by atoms with Crippen molar-refractivity contribution in [3.63, 3.8) is 0 Å². The highest BCUT2D eigenvalue weighted by molar-refractivity contribution is 7.20. The number of nitrogens with one attached hydrogen (secondary N) is 2. The summed E-state index contributed by atoms with van der Waals surface area (Å²) in [6.45, 7) is 4.92. The predicted molar refractivity (Wildman–Crippen MR) is 131 cm³/mol. The summed E-state index contributed by atoms with van der Waals surface area (Å²) in [6.07, 6.45) is 0.526. The number of H-pyrrole nitrogens is 1. The Morgan fingerprint density at radius 2 is 1.85 bits per heavy atom. The van der Waals surface area contributed by atoms with Crippen LogP contribution in [-0.4, -0.2) is 25.4 Å². The molecule has 2 N–H and O–H groups in total. The lowest BCUT2D eigenvalue weighted by Gasteiger charge is -2.07. The molecule has 8 heteroatoms. The van der Waals surface area contributed by atoms with E-state index < -0.39 is 0 Å². The van der Waals surface area contributed by atoms with Crippen molar-refractivity contribution in [3.05, 3.63) is 92.6 Å². The minimum atomic E-state index is -0.228. The van der Waals surface area contributed by atoms with E-state index in [1.54, 1.807) is 6.92 Å². The summed E-state index contributed by atoms with van der Waals surface area (Å²) in [7, 11) is 0. The number of carbonyl (C=O) groups excluding carboxylic acids is 1. The number of aromatic nitrogens is 4. The van der Waals surface area contributed by atoms with Gasteiger partial charge < -0.3 is 14.9 Å². The van der Waals surface area contributed by atoms with Crippen LogP contribution in [0.3, 0.4) is 0 Å². The largest absolute Gasteiger partial charge is 0.344 e. The number of hydrogen-bond donors (Lipinski definition) is 2. The lowest BCUT2D eigenvalue weighted by atomic mass is 10.1. The van der Waals surface area contributed by atoms with Crippen molar-refractivity contribution in [2.45, 2.75) is 33.4 Å². The first kappa shape index (κ1) is 21.1. The average Bonchev–Trinajstić information content (AvgIpc) is 3.35. The number of thiophene rings is 1. The summed E-state index contributed by atoms with van der Waals surface area (Å²) in [6, 6.07) is 17.8. The summed E-state index contributed by atoms with van der Waals surface area (Å²) in [5.74, 6) is 1.16. The molecule has 0 bridgehead atoms. The van der Waals surface area contributed by atoms with Crippen LogP contribution in [0.25, 0.3) is 21.3 Å². The molecule has 5 aromatic rings. The molecule has 0 unspecified atom stereocenters. The Balaban J connectivity index is 1.41. The van der Waals surface area contributed by atoms with E-state index in [4.69, 9.17) is 0 Å². The van der Waals surface area contributed by atoms with E-state index in [2.05, 4.69) is 31.8 Å². The van der Waals surface area contributed by atoms with Gasteiger partial charge in [0.25, 0.3) is 11.5 Å². The zero-order valence-corrected chi connectivity index (χ0v) is 19.2. The fourth-order valence-corrected chi connectivity index (χ4v) is 5.25. The van der Waals surface area contributed by atoms with Gasteiger partial charge in [0.15, 0.2) is 0 Å². The third-order valence-corrected chi connectivity index (χ3v) is 6.91. The number of amides is 1. The second kappa shape index (κ2) is 8.63. The first-order chi connectivity index (χ1) is 16.0. The van der Waals surface area contributed by atoms with Crippen molar-refractivity contribution in [1.29, 1.82) is 0 Å². The Hall–Kier alpha value is -3.78. The molecule has 0 atom stereocenters. The van der Waals surface area contributed by atoms with Gasteiger partial charge in [0.1, 0.15) is 16.5 Å². The molecule has 0 saturated heterocycles. The smallest absolute Gasteiger partial charge is 0.262 e. The van der Waals surface area contributed by atoms with Crippen LogP contribution in [0, 0.1) is 6.92 Å². The number of para-hydroxylation sites is 2. The second-order valence-electron chi connectivity index (χ2n) is 7.86. The highest BCUT2D eigenvalue weighted by atomic mass is 32.1. The van der Waals surface area contributed by atoms with E-state index >= 15 is 0 Å². The molecule has 3 aromatic heterocycles. The molecule has 0 radical (unpaired) electrons. The number of rotatable bonds is 6. The molecule has 0 aliphatic carbocycles. The zero-order valence-electron chi connectivity index (χ0n) is 18.4. The van der Waals surface area contributed by atoms with Gasteiger partial charge in [-0.2, -0.15) is 0 Å². The van der Waals surface area contributed by atoms with Crippen molar-refractivity contribution in [3.8, 4) is 0 Å². The van der Waals surface area contributed by atoms with E-state index in [-0.39, 0.29) is 11.5 Å². The molecule has 3 heterocycles. The summed E-state index contributed by atoms with van der Waals surface area (Å²) in [5, 5.41) is 3.45. The first-order valence-corrected chi connectivity index (χ1v) is 11.7. The van der Waals surface area contributed by atoms with Crippen LogP contribution in [0.2, 0.25) is 0 Å². The molecule has 33 heavy (non-hydrogen) atoms. The van der Waals surface area contributed by atoms with Crippen molar-refractivity contribution in [2.24, 2.45) is 0 Å². The molecular formula is C25H23N5O2S. The molecule has 2 aromatic carbocycles. The summed E-state index contributed by atoms with van der Waals surface area (Å²) < 4.78 is 2.09. The maximum atomic E-state index is 13.0. The van der Waals surface area contributed by atoms with Crippen LogP contribution in [0.5, 0.6) is 0 Å². The summed E-state index contributed by atoms with van der Waals surface area (Å²) in [5.41, 5.74) is 3.44. The molecule has 0 aliphatic heterocycles. The fourth-order valence-electron chi connectivity index (χ4n) is 4.13. The number of imidazole rings is 1. The number of hydrogen-bond acceptors (Lipinski definition) is 5. The number of aryl methyl sites for hydroxylation is 2. The van der Waals surface area contributed by atoms with Gasteiger partial charge in [-0.05, 0) is 37.1 Å². The van der Waals surface area contributed by atoms with Gasteiger partial charge in [-0.3, -0.25) is 9.59 Å². The van der Waals surface area contributed by atoms with Crippen molar-refractivity contribution in [2.75, 3.05) is 0 Å². The van der Waals surface area contributed by atoms with Gasteiger partial charge in [-0.15, -0.1) is 11.3 Å². The molecule has 0 fully saturated rings. The standard InChI is InChI=1S/C25H23N5O2S/c1-3-30-18-12-8-7-11-17(18)27-20(30)14-26-24(32)22-15(2)21-23(31)28-19(29-25(21)33-22)13-16-9-5-4-6-10-16/h4-12H,3,13-14H2,1-2H3,(H,26,32)(H,28,29,31). The molecule has 1 amide bonds. The van der Waals surface area contributed by atoms with Crippen LogP contribution in [0.15, 0.2) is 59.4 Å². The Labute approximate surface area is 194 Å². The maximum absolute atomic E-state index is 13.0. The monoisotopic (exact) mass is 457 g/mol. The minimum absolute atomic E-state index is 0.216. The van der Waals surface area contributed by atoms with Crippen LogP contribution in [0.1, 0.15) is 39.4 Å². The number of benzene rings is 2. The molecule has 5 rings (SSSR count). The third-order valence-electron chi connectivity index (χ3n) is 5.73. The Bertz CT molecular complexity index is 1530. The Morgan fingerprint density at radius 3 is 2.64 bits per heavy atom. The lowest BCUT2D eigenvalue weighted by Crippen LogP contribution is -2.24. The van der Waals surface area contributed by atoms with Crippen LogP contribution in [-0.2, 0) is 19.5 Å². The van der Waals surface area contributed by atoms with Crippen LogP contribution < -0.4 is 10.9 Å². The number of nitrogens with zero attached hydrogens (tertiary/aromatic N) is 3. The van der Waals surface area contributed by atoms with Gasteiger partial charge in [0.2, 0.25) is 0 Å². The number of aromatic amines is 1. The normalized spacial score (nSPS) is 11.3. The molecule has 7 nitrogen and oxygen atoms in total. The van der Waals surface area contributed by atoms with Crippen molar-refractivity contribution >= 4 is 38.5 Å². The van der Waals surface area contributed by atoms with Gasteiger partial charge >= 0.3 is 0 Å². The second-order valence-corrected chi connectivity index (χ2v) is 8.85. The molecule has 166 valence electrons. The van der Waals surface area contributed by atoms with Gasteiger partial charge in [0, 0.05) is 13.0 Å². The predicted octanol–water partition coefficient (Wildman–Crippen LogP) is 4.18. The average molecular weight is 458 g/mol. The number of fused-ring (bicyclic) bond motifs is 2. The summed E-state index contributed by atoms with van der Waals surface area (Å²) >= 11 is 1.25. The van der Waals surface area contributed by atoms with E-state index in [9.17, 15) is 9.59 Å². The SMILES string of the molecule is CCn1c(CNC(=O)c2sc3nc(Cc4ccccc4)[nH]c(=O)c3c2C)nc2ccccc21. The van der Waals surface area contributed by atoms with E-state index in [0.717, 1.165) is 29.0 Å².